The number of anilines is 1. The van der Waals surface area contributed by atoms with Gasteiger partial charge in [-0.1, -0.05) is 15.9 Å². The van der Waals surface area contributed by atoms with Crippen molar-refractivity contribution in [2.24, 2.45) is 0 Å². The minimum atomic E-state index is -0.312. The van der Waals surface area contributed by atoms with Crippen LogP contribution in [0.4, 0.5) is 11.4 Å². The standard InChI is InChI=1S/C13H18BrN3O2/c1-9-7-16(8-10(2)15(9)3)12-5-4-11(14)6-13(12)17(18)19/h4-6,9-10H,7-8H2,1-3H3. The van der Waals surface area contributed by atoms with Crippen LogP contribution in [0.25, 0.3) is 0 Å². The number of nitro benzene ring substituents is 1. The Labute approximate surface area is 121 Å². The molecule has 1 aliphatic rings. The molecule has 0 saturated carbocycles. The minimum Gasteiger partial charge on any atom is -0.363 e. The molecule has 1 heterocycles. The second-order valence-corrected chi connectivity index (χ2v) is 6.07. The van der Waals surface area contributed by atoms with Gasteiger partial charge in [0.1, 0.15) is 5.69 Å². The maximum absolute atomic E-state index is 11.2. The van der Waals surface area contributed by atoms with Crippen LogP contribution < -0.4 is 4.90 Å². The highest BCUT2D eigenvalue weighted by Gasteiger charge is 2.30. The second-order valence-electron chi connectivity index (χ2n) is 5.16. The Kier molecular flexibility index (Phi) is 4.10. The molecule has 0 N–H and O–H groups in total. The Bertz CT molecular complexity index is 483. The SMILES string of the molecule is CC1CN(c2ccc(Br)cc2[N+](=O)[O-])CC(C)N1C. The maximum Gasteiger partial charge on any atom is 0.293 e. The number of rotatable bonds is 2. The van der Waals surface area contributed by atoms with Gasteiger partial charge in [-0.3, -0.25) is 15.0 Å². The van der Waals surface area contributed by atoms with Gasteiger partial charge >= 0.3 is 0 Å². The molecule has 0 bridgehead atoms. The van der Waals surface area contributed by atoms with E-state index in [1.165, 1.54) is 0 Å². The quantitative estimate of drug-likeness (QED) is 0.619. The summed E-state index contributed by atoms with van der Waals surface area (Å²) in [5.74, 6) is 0. The molecule has 0 radical (unpaired) electrons. The fraction of sp³-hybridized carbons (Fsp3) is 0.538. The molecule has 5 nitrogen and oxygen atoms in total. The number of benzene rings is 1. The first-order valence-electron chi connectivity index (χ1n) is 6.31. The summed E-state index contributed by atoms with van der Waals surface area (Å²) < 4.78 is 0.734. The summed E-state index contributed by atoms with van der Waals surface area (Å²) in [4.78, 5) is 15.3. The molecule has 0 amide bonds. The van der Waals surface area contributed by atoms with E-state index in [1.54, 1.807) is 6.07 Å². The zero-order valence-corrected chi connectivity index (χ0v) is 12.9. The topological polar surface area (TPSA) is 49.6 Å². The molecule has 2 rings (SSSR count). The van der Waals surface area contributed by atoms with Crippen LogP contribution in [0.3, 0.4) is 0 Å². The average Bonchev–Trinajstić information content (AvgIpc) is 2.35. The van der Waals surface area contributed by atoms with Crippen LogP contribution >= 0.6 is 15.9 Å². The monoisotopic (exact) mass is 327 g/mol. The highest BCUT2D eigenvalue weighted by atomic mass is 79.9. The van der Waals surface area contributed by atoms with Gasteiger partial charge in [-0.25, -0.2) is 0 Å². The molecule has 0 spiro atoms. The number of piperazine rings is 1. The van der Waals surface area contributed by atoms with E-state index in [0.717, 1.165) is 17.6 Å². The normalized spacial score (nSPS) is 24.5. The predicted molar refractivity (Wildman–Crippen MR) is 79.7 cm³/mol. The number of halogens is 1. The van der Waals surface area contributed by atoms with Crippen molar-refractivity contribution < 1.29 is 4.92 Å². The molecule has 0 aromatic heterocycles. The number of likely N-dealkylation sites (N-methyl/N-ethyl adjacent to an activating group) is 1. The Morgan fingerprint density at radius 2 is 1.89 bits per heavy atom. The van der Waals surface area contributed by atoms with Crippen LogP contribution in [-0.2, 0) is 0 Å². The van der Waals surface area contributed by atoms with Gasteiger partial charge in [0.05, 0.1) is 4.92 Å². The van der Waals surface area contributed by atoms with Crippen LogP contribution in [0.2, 0.25) is 0 Å². The third kappa shape index (κ3) is 2.90. The maximum atomic E-state index is 11.2. The van der Waals surface area contributed by atoms with Gasteiger partial charge in [0.15, 0.2) is 0 Å². The lowest BCUT2D eigenvalue weighted by molar-refractivity contribution is -0.384. The van der Waals surface area contributed by atoms with Gasteiger partial charge in [-0.2, -0.15) is 0 Å². The Morgan fingerprint density at radius 3 is 2.42 bits per heavy atom. The van der Waals surface area contributed by atoms with Crippen molar-refractivity contribution in [3.05, 3.63) is 32.8 Å². The minimum absolute atomic E-state index is 0.165. The summed E-state index contributed by atoms with van der Waals surface area (Å²) in [7, 11) is 2.10. The molecule has 0 aliphatic carbocycles. The van der Waals surface area contributed by atoms with Gasteiger partial charge in [0.2, 0.25) is 0 Å². The molecule has 1 aliphatic heterocycles. The fourth-order valence-corrected chi connectivity index (χ4v) is 2.86. The van der Waals surface area contributed by atoms with Crippen LogP contribution in [0.1, 0.15) is 13.8 Å². The molecule has 1 aromatic carbocycles. The molecule has 2 unspecified atom stereocenters. The van der Waals surface area contributed by atoms with Crippen molar-refractivity contribution in [2.45, 2.75) is 25.9 Å². The van der Waals surface area contributed by atoms with Crippen molar-refractivity contribution in [3.8, 4) is 0 Å². The third-order valence-corrected chi connectivity index (χ3v) is 4.33. The van der Waals surface area contributed by atoms with Crippen LogP contribution in [-0.4, -0.2) is 42.0 Å². The summed E-state index contributed by atoms with van der Waals surface area (Å²) in [5, 5.41) is 11.2. The van der Waals surface area contributed by atoms with Gasteiger partial charge in [-0.05, 0) is 33.0 Å². The number of nitrogens with zero attached hydrogens (tertiary/aromatic N) is 3. The van der Waals surface area contributed by atoms with E-state index in [2.05, 4.69) is 46.6 Å². The first kappa shape index (κ1) is 14.3. The molecule has 2 atom stereocenters. The first-order chi connectivity index (χ1) is 8.90. The van der Waals surface area contributed by atoms with Crippen LogP contribution in [0.15, 0.2) is 22.7 Å². The summed E-state index contributed by atoms with van der Waals surface area (Å²) in [6, 6.07) is 6.02. The zero-order valence-electron chi connectivity index (χ0n) is 11.3. The second kappa shape index (κ2) is 5.46. The van der Waals surface area contributed by atoms with Gasteiger partial charge in [0.25, 0.3) is 5.69 Å². The lowest BCUT2D eigenvalue weighted by Crippen LogP contribution is -2.55. The number of hydrogen-bond acceptors (Lipinski definition) is 4. The van der Waals surface area contributed by atoms with E-state index in [9.17, 15) is 10.1 Å². The van der Waals surface area contributed by atoms with E-state index in [0.29, 0.717) is 17.8 Å². The number of nitro groups is 1. The highest BCUT2D eigenvalue weighted by molar-refractivity contribution is 9.10. The average molecular weight is 328 g/mol. The Morgan fingerprint density at radius 1 is 1.32 bits per heavy atom. The molecule has 104 valence electrons. The van der Waals surface area contributed by atoms with Crippen molar-refractivity contribution in [3.63, 3.8) is 0 Å². The van der Waals surface area contributed by atoms with Crippen molar-refractivity contribution in [1.82, 2.24) is 4.90 Å². The summed E-state index contributed by atoms with van der Waals surface area (Å²) in [6.45, 7) is 5.91. The first-order valence-corrected chi connectivity index (χ1v) is 7.10. The van der Waals surface area contributed by atoms with Crippen molar-refractivity contribution in [2.75, 3.05) is 25.0 Å². The third-order valence-electron chi connectivity index (χ3n) is 3.83. The molecule has 19 heavy (non-hydrogen) atoms. The lowest BCUT2D eigenvalue weighted by atomic mass is 10.1. The Hall–Kier alpha value is -1.14. The van der Waals surface area contributed by atoms with Crippen LogP contribution in [0, 0.1) is 10.1 Å². The van der Waals surface area contributed by atoms with Gasteiger partial charge in [-0.15, -0.1) is 0 Å². The lowest BCUT2D eigenvalue weighted by Gasteiger charge is -2.43. The van der Waals surface area contributed by atoms with Crippen LogP contribution in [0.5, 0.6) is 0 Å². The molecule has 1 fully saturated rings. The molecule has 1 saturated heterocycles. The summed E-state index contributed by atoms with van der Waals surface area (Å²) in [5.41, 5.74) is 0.873. The fourth-order valence-electron chi connectivity index (χ4n) is 2.51. The van der Waals surface area contributed by atoms with E-state index < -0.39 is 0 Å². The molecular weight excluding hydrogens is 310 g/mol. The van der Waals surface area contributed by atoms with Crippen molar-refractivity contribution in [1.29, 1.82) is 0 Å². The zero-order chi connectivity index (χ0) is 14.2. The molecule has 1 aromatic rings. The summed E-state index contributed by atoms with van der Waals surface area (Å²) >= 11 is 3.29. The van der Waals surface area contributed by atoms with Gasteiger partial charge < -0.3 is 4.90 Å². The predicted octanol–water partition coefficient (Wildman–Crippen LogP) is 2.89. The van der Waals surface area contributed by atoms with E-state index in [4.69, 9.17) is 0 Å². The van der Waals surface area contributed by atoms with E-state index >= 15 is 0 Å². The smallest absolute Gasteiger partial charge is 0.293 e. The molecule has 6 heteroatoms. The van der Waals surface area contributed by atoms with Gasteiger partial charge in [0, 0.05) is 35.7 Å². The van der Waals surface area contributed by atoms with Crippen molar-refractivity contribution >= 4 is 27.3 Å². The molecular formula is C13H18BrN3O2. The van der Waals surface area contributed by atoms with E-state index in [1.807, 2.05) is 12.1 Å². The number of hydrogen-bond donors (Lipinski definition) is 0. The van der Waals surface area contributed by atoms with E-state index in [-0.39, 0.29) is 10.6 Å². The largest absolute Gasteiger partial charge is 0.363 e. The summed E-state index contributed by atoms with van der Waals surface area (Å²) in [6.07, 6.45) is 0. The highest BCUT2D eigenvalue weighted by Crippen LogP contribution is 2.33. The Balaban J connectivity index is 2.34.